The molecule has 1 aromatic heterocycles. The van der Waals surface area contributed by atoms with Crippen LogP contribution in [0.5, 0.6) is 0 Å². The molecule has 1 aromatic rings. The second-order valence-corrected chi connectivity index (χ2v) is 7.80. The number of piperazine rings is 1. The van der Waals surface area contributed by atoms with Crippen LogP contribution in [0.15, 0.2) is 9.31 Å². The minimum absolute atomic E-state index is 0.182. The third-order valence-corrected chi connectivity index (χ3v) is 6.74. The van der Waals surface area contributed by atoms with E-state index in [1.807, 2.05) is 0 Å². The summed E-state index contributed by atoms with van der Waals surface area (Å²) in [4.78, 5) is 2.68. The summed E-state index contributed by atoms with van der Waals surface area (Å²) < 4.78 is 33.1. The van der Waals surface area contributed by atoms with E-state index in [1.165, 1.54) is 0 Å². The SMILES string of the molecule is Cc1oc(C)c(S(=O)(=O)N2CCN3CCCC3C2)c1CN. The van der Waals surface area contributed by atoms with E-state index >= 15 is 0 Å². The highest BCUT2D eigenvalue weighted by Crippen LogP contribution is 2.31. The van der Waals surface area contributed by atoms with Gasteiger partial charge in [0.1, 0.15) is 16.4 Å². The molecule has 0 bridgehead atoms. The van der Waals surface area contributed by atoms with Crippen molar-refractivity contribution in [1.82, 2.24) is 9.21 Å². The Labute approximate surface area is 125 Å². The quantitative estimate of drug-likeness (QED) is 0.894. The molecule has 3 heterocycles. The van der Waals surface area contributed by atoms with E-state index in [4.69, 9.17) is 10.2 Å². The lowest BCUT2D eigenvalue weighted by Gasteiger charge is -2.36. The number of fused-ring (bicyclic) bond motifs is 1. The van der Waals surface area contributed by atoms with E-state index in [0.717, 1.165) is 25.9 Å². The van der Waals surface area contributed by atoms with Gasteiger partial charge in [-0.2, -0.15) is 4.31 Å². The molecule has 0 radical (unpaired) electrons. The Kier molecular flexibility index (Phi) is 3.85. The highest BCUT2D eigenvalue weighted by molar-refractivity contribution is 7.89. The molecule has 0 aromatic carbocycles. The number of furan rings is 1. The molecule has 2 saturated heterocycles. The maximum Gasteiger partial charge on any atom is 0.246 e. The van der Waals surface area contributed by atoms with Gasteiger partial charge in [0.05, 0.1) is 0 Å². The van der Waals surface area contributed by atoms with Gasteiger partial charge in [-0.25, -0.2) is 8.42 Å². The van der Waals surface area contributed by atoms with Crippen molar-refractivity contribution in [2.75, 3.05) is 26.2 Å². The van der Waals surface area contributed by atoms with Crippen LogP contribution in [-0.2, 0) is 16.6 Å². The van der Waals surface area contributed by atoms with E-state index in [-0.39, 0.29) is 11.4 Å². The van der Waals surface area contributed by atoms with Crippen molar-refractivity contribution in [1.29, 1.82) is 0 Å². The number of aryl methyl sites for hydroxylation is 2. The first-order chi connectivity index (χ1) is 9.95. The molecule has 2 N–H and O–H groups in total. The third-order valence-electron chi connectivity index (χ3n) is 4.68. The molecule has 1 unspecified atom stereocenters. The molecule has 118 valence electrons. The topological polar surface area (TPSA) is 79.8 Å². The average molecular weight is 313 g/mol. The van der Waals surface area contributed by atoms with Gasteiger partial charge in [0.2, 0.25) is 10.0 Å². The largest absolute Gasteiger partial charge is 0.465 e. The Bertz CT molecular complexity index is 638. The minimum Gasteiger partial charge on any atom is -0.465 e. The summed E-state index contributed by atoms with van der Waals surface area (Å²) in [7, 11) is -3.52. The van der Waals surface area contributed by atoms with Crippen molar-refractivity contribution in [3.8, 4) is 0 Å². The molecule has 21 heavy (non-hydrogen) atoms. The fraction of sp³-hybridized carbons (Fsp3) is 0.714. The number of nitrogens with zero attached hydrogens (tertiary/aromatic N) is 2. The maximum atomic E-state index is 13.0. The van der Waals surface area contributed by atoms with Gasteiger partial charge in [-0.1, -0.05) is 0 Å². The van der Waals surface area contributed by atoms with Crippen LogP contribution in [0.2, 0.25) is 0 Å². The smallest absolute Gasteiger partial charge is 0.246 e. The molecule has 2 aliphatic heterocycles. The van der Waals surface area contributed by atoms with Crippen LogP contribution >= 0.6 is 0 Å². The van der Waals surface area contributed by atoms with E-state index in [0.29, 0.717) is 36.2 Å². The van der Waals surface area contributed by atoms with Crippen LogP contribution in [0.25, 0.3) is 0 Å². The standard InChI is InChI=1S/C14H23N3O3S/c1-10-13(8-15)14(11(2)20-10)21(18,19)17-7-6-16-5-3-4-12(16)9-17/h12H,3-9,15H2,1-2H3. The molecule has 0 saturated carbocycles. The van der Waals surface area contributed by atoms with Crippen LogP contribution in [0, 0.1) is 13.8 Å². The van der Waals surface area contributed by atoms with Gasteiger partial charge >= 0.3 is 0 Å². The molecule has 7 heteroatoms. The van der Waals surface area contributed by atoms with Crippen molar-refractivity contribution in [3.05, 3.63) is 17.1 Å². The first-order valence-corrected chi connectivity index (χ1v) is 8.92. The molecule has 2 aliphatic rings. The predicted molar refractivity (Wildman–Crippen MR) is 79.4 cm³/mol. The van der Waals surface area contributed by atoms with Gasteiger partial charge in [0, 0.05) is 37.8 Å². The monoisotopic (exact) mass is 313 g/mol. The van der Waals surface area contributed by atoms with Gasteiger partial charge < -0.3 is 10.2 Å². The Morgan fingerprint density at radius 2 is 2.00 bits per heavy atom. The summed E-state index contributed by atoms with van der Waals surface area (Å²) in [6, 6.07) is 0.364. The maximum absolute atomic E-state index is 13.0. The number of hydrogen-bond donors (Lipinski definition) is 1. The van der Waals surface area contributed by atoms with Crippen LogP contribution in [-0.4, -0.2) is 49.8 Å². The van der Waals surface area contributed by atoms with Crippen molar-refractivity contribution in [3.63, 3.8) is 0 Å². The summed E-state index contributed by atoms with van der Waals surface area (Å²) in [6.45, 7) is 6.69. The zero-order valence-corrected chi connectivity index (χ0v) is 13.4. The lowest BCUT2D eigenvalue weighted by atomic mass is 10.2. The van der Waals surface area contributed by atoms with Gasteiger partial charge in [-0.05, 0) is 33.2 Å². The highest BCUT2D eigenvalue weighted by atomic mass is 32.2. The van der Waals surface area contributed by atoms with Crippen LogP contribution in [0.4, 0.5) is 0 Å². The second-order valence-electron chi connectivity index (χ2n) is 5.92. The molecule has 3 rings (SSSR count). The summed E-state index contributed by atoms with van der Waals surface area (Å²) in [5.74, 6) is 1.05. The number of nitrogens with two attached hydrogens (primary N) is 1. The molecule has 1 atom stereocenters. The Balaban J connectivity index is 1.94. The summed E-state index contributed by atoms with van der Waals surface area (Å²) in [5.41, 5.74) is 6.34. The second kappa shape index (κ2) is 5.39. The van der Waals surface area contributed by atoms with Crippen molar-refractivity contribution < 1.29 is 12.8 Å². The molecule has 6 nitrogen and oxygen atoms in total. The van der Waals surface area contributed by atoms with E-state index < -0.39 is 10.0 Å². The van der Waals surface area contributed by atoms with Crippen LogP contribution in [0.3, 0.4) is 0 Å². The highest BCUT2D eigenvalue weighted by Gasteiger charge is 2.38. The zero-order valence-electron chi connectivity index (χ0n) is 12.6. The fourth-order valence-corrected chi connectivity index (χ4v) is 5.49. The number of rotatable bonds is 3. The summed E-state index contributed by atoms with van der Waals surface area (Å²) >= 11 is 0. The Morgan fingerprint density at radius 1 is 1.24 bits per heavy atom. The third kappa shape index (κ3) is 2.42. The van der Waals surface area contributed by atoms with Crippen LogP contribution < -0.4 is 5.73 Å². The van der Waals surface area contributed by atoms with Crippen molar-refractivity contribution >= 4 is 10.0 Å². The van der Waals surface area contributed by atoms with E-state index in [2.05, 4.69) is 4.90 Å². The Hall–Kier alpha value is -0.890. The molecular weight excluding hydrogens is 290 g/mol. The van der Waals surface area contributed by atoms with Crippen molar-refractivity contribution in [2.45, 2.75) is 44.2 Å². The molecule has 2 fully saturated rings. The summed E-state index contributed by atoms with van der Waals surface area (Å²) in [6.07, 6.45) is 2.25. The first-order valence-electron chi connectivity index (χ1n) is 7.48. The average Bonchev–Trinajstić information content (AvgIpc) is 3.01. The molecule has 0 amide bonds. The molecular formula is C14H23N3O3S. The molecule has 0 aliphatic carbocycles. The lowest BCUT2D eigenvalue weighted by molar-refractivity contribution is 0.158. The fourth-order valence-electron chi connectivity index (χ4n) is 3.59. The van der Waals surface area contributed by atoms with Gasteiger partial charge in [0.25, 0.3) is 0 Å². The van der Waals surface area contributed by atoms with E-state index in [1.54, 1.807) is 18.2 Å². The normalized spacial score (nSPS) is 24.4. The van der Waals surface area contributed by atoms with Gasteiger partial charge in [0.15, 0.2) is 0 Å². The molecule has 0 spiro atoms. The van der Waals surface area contributed by atoms with Gasteiger partial charge in [-0.3, -0.25) is 4.90 Å². The minimum atomic E-state index is -3.52. The van der Waals surface area contributed by atoms with E-state index in [9.17, 15) is 8.42 Å². The number of hydrogen-bond acceptors (Lipinski definition) is 5. The van der Waals surface area contributed by atoms with Crippen molar-refractivity contribution in [2.24, 2.45) is 5.73 Å². The van der Waals surface area contributed by atoms with Crippen LogP contribution in [0.1, 0.15) is 29.9 Å². The number of sulfonamides is 1. The zero-order chi connectivity index (χ0) is 15.2. The lowest BCUT2D eigenvalue weighted by Crippen LogP contribution is -2.52. The van der Waals surface area contributed by atoms with Gasteiger partial charge in [-0.15, -0.1) is 0 Å². The first kappa shape index (κ1) is 15.0. The summed E-state index contributed by atoms with van der Waals surface area (Å²) in [5, 5.41) is 0. The predicted octanol–water partition coefficient (Wildman–Crippen LogP) is 0.824. The Morgan fingerprint density at radius 3 is 2.71 bits per heavy atom.